The molecule has 2 aromatic rings. The standard InChI is InChI=1S/C13H16BrN3/c1-3-10-6-12(14)4-5-13(10)15-7-11-8-16-17-9(11)2/h4-6,8,15H,3,7H2,1-2H3,(H,16,17). The van der Waals surface area contributed by atoms with Crippen molar-refractivity contribution in [3.05, 3.63) is 45.7 Å². The van der Waals surface area contributed by atoms with Crippen molar-refractivity contribution in [2.24, 2.45) is 0 Å². The number of benzene rings is 1. The number of aromatic amines is 1. The Morgan fingerprint density at radius 3 is 2.82 bits per heavy atom. The van der Waals surface area contributed by atoms with E-state index in [1.54, 1.807) is 0 Å². The summed E-state index contributed by atoms with van der Waals surface area (Å²) in [5.41, 5.74) is 4.83. The fourth-order valence-electron chi connectivity index (χ4n) is 1.77. The van der Waals surface area contributed by atoms with Crippen molar-refractivity contribution >= 4 is 21.6 Å². The van der Waals surface area contributed by atoms with Gasteiger partial charge in [0.2, 0.25) is 0 Å². The van der Waals surface area contributed by atoms with Crippen LogP contribution in [0.3, 0.4) is 0 Å². The molecule has 0 radical (unpaired) electrons. The lowest BCUT2D eigenvalue weighted by Crippen LogP contribution is -2.02. The maximum atomic E-state index is 4.02. The molecule has 0 amide bonds. The second-order valence-electron chi connectivity index (χ2n) is 4.03. The van der Waals surface area contributed by atoms with Crippen LogP contribution in [0.2, 0.25) is 0 Å². The van der Waals surface area contributed by atoms with Gasteiger partial charge in [0.15, 0.2) is 0 Å². The largest absolute Gasteiger partial charge is 0.381 e. The van der Waals surface area contributed by atoms with Gasteiger partial charge in [0.1, 0.15) is 0 Å². The summed E-state index contributed by atoms with van der Waals surface area (Å²) in [6.45, 7) is 5.00. The van der Waals surface area contributed by atoms with Gasteiger partial charge in [-0.3, -0.25) is 5.10 Å². The summed E-state index contributed by atoms with van der Waals surface area (Å²) in [7, 11) is 0. The third-order valence-electron chi connectivity index (χ3n) is 2.85. The van der Waals surface area contributed by atoms with Crippen molar-refractivity contribution in [2.45, 2.75) is 26.8 Å². The minimum absolute atomic E-state index is 0.803. The molecule has 0 fully saturated rings. The smallest absolute Gasteiger partial charge is 0.0539 e. The Morgan fingerprint density at radius 1 is 1.35 bits per heavy atom. The summed E-state index contributed by atoms with van der Waals surface area (Å²) in [5, 5.41) is 10.4. The second kappa shape index (κ2) is 5.36. The van der Waals surface area contributed by atoms with Gasteiger partial charge < -0.3 is 5.32 Å². The molecule has 3 nitrogen and oxygen atoms in total. The Labute approximate surface area is 110 Å². The fraction of sp³-hybridized carbons (Fsp3) is 0.308. The van der Waals surface area contributed by atoms with Gasteiger partial charge in [0.05, 0.1) is 6.20 Å². The summed E-state index contributed by atoms with van der Waals surface area (Å²) < 4.78 is 1.12. The lowest BCUT2D eigenvalue weighted by molar-refractivity contribution is 1.04. The number of hydrogen-bond acceptors (Lipinski definition) is 2. The first-order valence-corrected chi connectivity index (χ1v) is 6.51. The van der Waals surface area contributed by atoms with E-state index in [-0.39, 0.29) is 0 Å². The molecule has 0 saturated heterocycles. The molecule has 2 rings (SSSR count). The highest BCUT2D eigenvalue weighted by Gasteiger charge is 2.03. The van der Waals surface area contributed by atoms with Crippen LogP contribution in [0, 0.1) is 6.92 Å². The van der Waals surface area contributed by atoms with E-state index < -0.39 is 0 Å². The molecule has 0 aliphatic heterocycles. The van der Waals surface area contributed by atoms with Crippen LogP contribution >= 0.6 is 15.9 Å². The highest BCUT2D eigenvalue weighted by atomic mass is 79.9. The number of aryl methyl sites for hydroxylation is 2. The van der Waals surface area contributed by atoms with Crippen LogP contribution in [-0.4, -0.2) is 10.2 Å². The van der Waals surface area contributed by atoms with Crippen LogP contribution in [0.4, 0.5) is 5.69 Å². The van der Waals surface area contributed by atoms with E-state index in [2.05, 4.69) is 56.6 Å². The number of H-pyrrole nitrogens is 1. The molecule has 4 heteroatoms. The number of hydrogen-bond donors (Lipinski definition) is 2. The molecule has 1 aromatic heterocycles. The molecule has 0 bridgehead atoms. The summed E-state index contributed by atoms with van der Waals surface area (Å²) in [4.78, 5) is 0. The number of anilines is 1. The molecule has 0 atom stereocenters. The quantitative estimate of drug-likeness (QED) is 0.903. The number of rotatable bonds is 4. The monoisotopic (exact) mass is 293 g/mol. The summed E-state index contributed by atoms with van der Waals surface area (Å²) in [6.07, 6.45) is 2.89. The molecule has 0 saturated carbocycles. The average Bonchev–Trinajstić information content (AvgIpc) is 2.73. The molecule has 17 heavy (non-hydrogen) atoms. The van der Waals surface area contributed by atoms with E-state index in [1.165, 1.54) is 16.8 Å². The highest BCUT2D eigenvalue weighted by molar-refractivity contribution is 9.10. The zero-order chi connectivity index (χ0) is 12.3. The second-order valence-corrected chi connectivity index (χ2v) is 4.94. The third-order valence-corrected chi connectivity index (χ3v) is 3.35. The van der Waals surface area contributed by atoms with Crippen molar-refractivity contribution in [3.8, 4) is 0 Å². The van der Waals surface area contributed by atoms with E-state index in [9.17, 15) is 0 Å². The lowest BCUT2D eigenvalue weighted by Gasteiger charge is -2.11. The maximum Gasteiger partial charge on any atom is 0.0539 e. The normalized spacial score (nSPS) is 10.5. The first kappa shape index (κ1) is 12.2. The van der Waals surface area contributed by atoms with Crippen molar-refractivity contribution < 1.29 is 0 Å². The Bertz CT molecular complexity index is 505. The Morgan fingerprint density at radius 2 is 2.18 bits per heavy atom. The molecule has 90 valence electrons. The zero-order valence-corrected chi connectivity index (χ0v) is 11.6. The first-order valence-electron chi connectivity index (χ1n) is 5.72. The summed E-state index contributed by atoms with van der Waals surface area (Å²) in [6, 6.07) is 6.33. The predicted octanol–water partition coefficient (Wildman–Crippen LogP) is 3.66. The van der Waals surface area contributed by atoms with Crippen molar-refractivity contribution in [1.82, 2.24) is 10.2 Å². The van der Waals surface area contributed by atoms with E-state index in [1.807, 2.05) is 13.1 Å². The lowest BCUT2D eigenvalue weighted by atomic mass is 10.1. The molecule has 2 N–H and O–H groups in total. The molecule has 0 aliphatic rings. The summed E-state index contributed by atoms with van der Waals surface area (Å²) >= 11 is 3.50. The van der Waals surface area contributed by atoms with Crippen LogP contribution < -0.4 is 5.32 Å². The average molecular weight is 294 g/mol. The van der Waals surface area contributed by atoms with Gasteiger partial charge in [0, 0.05) is 28.0 Å². The zero-order valence-electron chi connectivity index (χ0n) is 10.0. The van der Waals surface area contributed by atoms with Gasteiger partial charge in [-0.15, -0.1) is 0 Å². The molecule has 0 unspecified atom stereocenters. The van der Waals surface area contributed by atoms with E-state index >= 15 is 0 Å². The Kier molecular flexibility index (Phi) is 3.84. The number of aromatic nitrogens is 2. The third kappa shape index (κ3) is 2.88. The minimum Gasteiger partial charge on any atom is -0.381 e. The Hall–Kier alpha value is -1.29. The maximum absolute atomic E-state index is 4.02. The van der Waals surface area contributed by atoms with Gasteiger partial charge >= 0.3 is 0 Å². The van der Waals surface area contributed by atoms with Crippen molar-refractivity contribution in [3.63, 3.8) is 0 Å². The summed E-state index contributed by atoms with van der Waals surface area (Å²) in [5.74, 6) is 0. The van der Waals surface area contributed by atoms with Gasteiger partial charge in [-0.05, 0) is 37.1 Å². The van der Waals surface area contributed by atoms with Crippen molar-refractivity contribution in [2.75, 3.05) is 5.32 Å². The van der Waals surface area contributed by atoms with Gasteiger partial charge in [-0.25, -0.2) is 0 Å². The SMILES string of the molecule is CCc1cc(Br)ccc1NCc1cn[nH]c1C. The minimum atomic E-state index is 0.803. The van der Waals surface area contributed by atoms with Crippen LogP contribution in [0.1, 0.15) is 23.7 Å². The van der Waals surface area contributed by atoms with E-state index in [0.717, 1.165) is 23.1 Å². The molecule has 1 aromatic carbocycles. The molecular formula is C13H16BrN3. The molecular weight excluding hydrogens is 278 g/mol. The molecule has 0 aliphatic carbocycles. The van der Waals surface area contributed by atoms with E-state index in [4.69, 9.17) is 0 Å². The number of nitrogens with zero attached hydrogens (tertiary/aromatic N) is 1. The fourth-order valence-corrected chi connectivity index (χ4v) is 2.18. The highest BCUT2D eigenvalue weighted by Crippen LogP contribution is 2.22. The van der Waals surface area contributed by atoms with Gasteiger partial charge in [-0.2, -0.15) is 5.10 Å². The Balaban J connectivity index is 2.11. The van der Waals surface area contributed by atoms with Crippen LogP contribution in [-0.2, 0) is 13.0 Å². The number of nitrogens with one attached hydrogen (secondary N) is 2. The first-order chi connectivity index (χ1) is 8.20. The topological polar surface area (TPSA) is 40.7 Å². The molecule has 0 spiro atoms. The van der Waals surface area contributed by atoms with Crippen LogP contribution in [0.15, 0.2) is 28.9 Å². The van der Waals surface area contributed by atoms with Crippen LogP contribution in [0.5, 0.6) is 0 Å². The van der Waals surface area contributed by atoms with E-state index in [0.29, 0.717) is 0 Å². The van der Waals surface area contributed by atoms with Gasteiger partial charge in [0.25, 0.3) is 0 Å². The van der Waals surface area contributed by atoms with Crippen molar-refractivity contribution in [1.29, 1.82) is 0 Å². The molecule has 1 heterocycles. The van der Waals surface area contributed by atoms with Gasteiger partial charge in [-0.1, -0.05) is 22.9 Å². The van der Waals surface area contributed by atoms with Crippen LogP contribution in [0.25, 0.3) is 0 Å². The predicted molar refractivity (Wildman–Crippen MR) is 74.2 cm³/mol. The number of halogens is 1.